The van der Waals surface area contributed by atoms with Crippen LogP contribution in [0.15, 0.2) is 61.6 Å². The minimum absolute atomic E-state index is 0.214. The first-order chi connectivity index (χ1) is 17.0. The number of imidazole rings is 1. The average molecular weight is 471 g/mol. The SMILES string of the molecule is FC12CC(CNCc3ccc4nc(Cn5cc(-c6cncc(-n7ccnn7)c6)nn5)cn4c3)(C1)C2. The normalized spacial score (nSPS) is 22.8. The van der Waals surface area contributed by atoms with Gasteiger partial charge in [-0.05, 0) is 42.4 Å². The van der Waals surface area contributed by atoms with Gasteiger partial charge in [0.2, 0.25) is 0 Å². The fraction of sp³-hybridized carbons (Fsp3) is 0.333. The highest BCUT2D eigenvalue weighted by atomic mass is 19.1. The maximum atomic E-state index is 13.7. The van der Waals surface area contributed by atoms with Crippen molar-refractivity contribution in [2.24, 2.45) is 5.41 Å². The summed E-state index contributed by atoms with van der Waals surface area (Å²) in [6.07, 6.45) is 15.0. The van der Waals surface area contributed by atoms with Crippen LogP contribution in [0.5, 0.6) is 0 Å². The monoisotopic (exact) mass is 470 g/mol. The molecule has 10 nitrogen and oxygen atoms in total. The van der Waals surface area contributed by atoms with Crippen molar-refractivity contribution in [3.8, 4) is 16.9 Å². The zero-order valence-corrected chi connectivity index (χ0v) is 18.9. The summed E-state index contributed by atoms with van der Waals surface area (Å²) >= 11 is 0. The van der Waals surface area contributed by atoms with Crippen LogP contribution >= 0.6 is 0 Å². The molecule has 0 spiro atoms. The molecule has 0 amide bonds. The average Bonchev–Trinajstić information content (AvgIpc) is 3.58. The Hall–Kier alpha value is -3.99. The molecule has 35 heavy (non-hydrogen) atoms. The van der Waals surface area contributed by atoms with Gasteiger partial charge in [0.25, 0.3) is 0 Å². The number of aromatic nitrogens is 9. The quantitative estimate of drug-likeness (QED) is 0.372. The van der Waals surface area contributed by atoms with E-state index in [1.54, 1.807) is 34.2 Å². The first-order valence-electron chi connectivity index (χ1n) is 11.6. The van der Waals surface area contributed by atoms with Crippen LogP contribution in [0.1, 0.15) is 30.5 Å². The highest BCUT2D eigenvalue weighted by Gasteiger charge is 2.68. The molecule has 3 aliphatic carbocycles. The Bertz CT molecular complexity index is 1500. The Morgan fingerprint density at radius 2 is 1.97 bits per heavy atom. The molecule has 0 saturated heterocycles. The molecule has 0 aromatic carbocycles. The third-order valence-electron chi connectivity index (χ3n) is 7.04. The summed E-state index contributed by atoms with van der Waals surface area (Å²) in [5.74, 6) is 0. The van der Waals surface area contributed by atoms with Gasteiger partial charge in [0, 0.05) is 37.2 Å². The van der Waals surface area contributed by atoms with Crippen molar-refractivity contribution in [2.45, 2.75) is 38.0 Å². The van der Waals surface area contributed by atoms with Crippen molar-refractivity contribution in [1.82, 2.24) is 49.7 Å². The molecule has 5 aromatic rings. The number of hydrogen-bond donors (Lipinski definition) is 1. The second-order valence-electron chi connectivity index (χ2n) is 9.90. The smallest absolute Gasteiger partial charge is 0.137 e. The van der Waals surface area contributed by atoms with Crippen LogP contribution in [0.25, 0.3) is 22.6 Å². The number of nitrogens with one attached hydrogen (secondary N) is 1. The number of hydrogen-bond acceptors (Lipinski definition) is 7. The molecule has 0 aliphatic heterocycles. The number of nitrogens with zero attached hydrogens (tertiary/aromatic N) is 9. The van der Waals surface area contributed by atoms with Crippen LogP contribution in [-0.2, 0) is 13.1 Å². The largest absolute Gasteiger partial charge is 0.312 e. The zero-order valence-electron chi connectivity index (χ0n) is 18.9. The van der Waals surface area contributed by atoms with Crippen molar-refractivity contribution in [2.75, 3.05) is 6.54 Å². The van der Waals surface area contributed by atoms with Crippen molar-refractivity contribution in [1.29, 1.82) is 0 Å². The highest BCUT2D eigenvalue weighted by Crippen LogP contribution is 2.69. The molecule has 0 atom stereocenters. The summed E-state index contributed by atoms with van der Waals surface area (Å²) < 4.78 is 19.2. The van der Waals surface area contributed by atoms with Crippen LogP contribution < -0.4 is 5.32 Å². The fourth-order valence-corrected chi connectivity index (χ4v) is 5.50. The molecule has 0 unspecified atom stereocenters. The van der Waals surface area contributed by atoms with Gasteiger partial charge < -0.3 is 9.72 Å². The van der Waals surface area contributed by atoms with Gasteiger partial charge in [-0.2, -0.15) is 0 Å². The maximum absolute atomic E-state index is 13.7. The Kier molecular flexibility index (Phi) is 4.37. The molecular weight excluding hydrogens is 447 g/mol. The summed E-state index contributed by atoms with van der Waals surface area (Å²) in [4.78, 5) is 9.01. The third kappa shape index (κ3) is 3.68. The van der Waals surface area contributed by atoms with E-state index in [1.807, 2.05) is 28.9 Å². The molecule has 3 fully saturated rings. The molecular formula is C24H23FN10. The Balaban J connectivity index is 1.02. The maximum Gasteiger partial charge on any atom is 0.137 e. The van der Waals surface area contributed by atoms with Crippen molar-refractivity contribution >= 4 is 5.65 Å². The van der Waals surface area contributed by atoms with Crippen LogP contribution in [-0.4, -0.2) is 56.6 Å². The van der Waals surface area contributed by atoms with Crippen LogP contribution in [0.4, 0.5) is 4.39 Å². The van der Waals surface area contributed by atoms with E-state index in [9.17, 15) is 4.39 Å². The van der Waals surface area contributed by atoms with E-state index in [4.69, 9.17) is 4.98 Å². The Labute approximate surface area is 199 Å². The van der Waals surface area contributed by atoms with Gasteiger partial charge in [-0.3, -0.25) is 4.98 Å². The summed E-state index contributed by atoms with van der Waals surface area (Å²) in [5, 5.41) is 19.9. The van der Waals surface area contributed by atoms with E-state index in [1.165, 1.54) is 5.56 Å². The van der Waals surface area contributed by atoms with Gasteiger partial charge in [-0.25, -0.2) is 18.7 Å². The van der Waals surface area contributed by atoms with Crippen molar-refractivity contribution < 1.29 is 4.39 Å². The highest BCUT2D eigenvalue weighted by molar-refractivity contribution is 5.59. The zero-order chi connectivity index (χ0) is 23.5. The van der Waals surface area contributed by atoms with E-state index in [2.05, 4.69) is 43.2 Å². The molecule has 8 rings (SSSR count). The number of fused-ring (bicyclic) bond motifs is 1. The van der Waals surface area contributed by atoms with Gasteiger partial charge in [0.15, 0.2) is 0 Å². The van der Waals surface area contributed by atoms with Crippen molar-refractivity contribution in [3.63, 3.8) is 0 Å². The molecule has 5 heterocycles. The summed E-state index contributed by atoms with van der Waals surface area (Å²) in [7, 11) is 0. The van der Waals surface area contributed by atoms with Gasteiger partial charge in [0.1, 0.15) is 17.0 Å². The van der Waals surface area contributed by atoms with E-state index in [0.29, 0.717) is 6.54 Å². The van der Waals surface area contributed by atoms with Crippen LogP contribution in [0, 0.1) is 5.41 Å². The lowest BCUT2D eigenvalue weighted by molar-refractivity contribution is -0.209. The first kappa shape index (κ1) is 20.4. The minimum Gasteiger partial charge on any atom is -0.312 e. The summed E-state index contributed by atoms with van der Waals surface area (Å²) in [6.45, 7) is 2.16. The van der Waals surface area contributed by atoms with E-state index < -0.39 is 5.67 Å². The van der Waals surface area contributed by atoms with E-state index >= 15 is 0 Å². The molecule has 3 saturated carbocycles. The Morgan fingerprint density at radius 3 is 2.80 bits per heavy atom. The third-order valence-corrected chi connectivity index (χ3v) is 7.04. The molecule has 3 aliphatic rings. The Morgan fingerprint density at radius 1 is 1.06 bits per heavy atom. The van der Waals surface area contributed by atoms with Gasteiger partial charge >= 0.3 is 0 Å². The lowest BCUT2D eigenvalue weighted by Gasteiger charge is -2.66. The predicted octanol–water partition coefficient (Wildman–Crippen LogP) is 2.60. The molecule has 1 N–H and O–H groups in total. The number of pyridine rings is 2. The second kappa shape index (κ2) is 7.51. The van der Waals surface area contributed by atoms with Gasteiger partial charge in [-0.1, -0.05) is 16.5 Å². The number of rotatable bonds is 8. The predicted molar refractivity (Wildman–Crippen MR) is 124 cm³/mol. The molecule has 0 radical (unpaired) electrons. The lowest BCUT2D eigenvalue weighted by atomic mass is 9.42. The number of alkyl halides is 1. The first-order valence-corrected chi connectivity index (χ1v) is 11.6. The summed E-state index contributed by atoms with van der Waals surface area (Å²) in [6, 6.07) is 6.05. The number of halogens is 1. The molecule has 2 bridgehead atoms. The van der Waals surface area contributed by atoms with Crippen LogP contribution in [0.2, 0.25) is 0 Å². The fourth-order valence-electron chi connectivity index (χ4n) is 5.50. The topological polar surface area (TPSA) is 104 Å². The molecule has 176 valence electrons. The molecule has 11 heteroatoms. The van der Waals surface area contributed by atoms with E-state index in [0.717, 1.165) is 60.6 Å². The van der Waals surface area contributed by atoms with Gasteiger partial charge in [-0.15, -0.1) is 10.2 Å². The molecule has 5 aromatic heterocycles. The van der Waals surface area contributed by atoms with Crippen LogP contribution in [0.3, 0.4) is 0 Å². The summed E-state index contributed by atoms with van der Waals surface area (Å²) in [5.41, 5.74) is 4.69. The lowest BCUT2D eigenvalue weighted by Crippen LogP contribution is -2.67. The standard InChI is InChI=1S/C24H23FN10/c25-24-13-23(14-24,15-24)16-27-6-17-1-2-22-29-19(10-33(22)9-17)11-34-12-21(30-32-34)18-5-20(8-26-7-18)35-4-3-28-31-35/h1-5,7-10,12,27H,6,11,13-16H2. The van der Waals surface area contributed by atoms with Crippen molar-refractivity contribution in [3.05, 3.63) is 72.8 Å². The van der Waals surface area contributed by atoms with Gasteiger partial charge in [0.05, 0.1) is 42.7 Å². The minimum atomic E-state index is -0.836. The second-order valence-corrected chi connectivity index (χ2v) is 9.90. The van der Waals surface area contributed by atoms with E-state index in [-0.39, 0.29) is 5.41 Å².